The van der Waals surface area contributed by atoms with Crippen molar-refractivity contribution in [3.05, 3.63) is 53.3 Å². The fraction of sp³-hybridized carbons (Fsp3) is 0.111. The second-order valence-corrected chi connectivity index (χ2v) is 5.05. The molecule has 0 fully saturated rings. The van der Waals surface area contributed by atoms with Crippen molar-refractivity contribution in [1.82, 2.24) is 9.97 Å². The van der Waals surface area contributed by atoms with E-state index in [4.69, 9.17) is 9.47 Å². The van der Waals surface area contributed by atoms with Gasteiger partial charge < -0.3 is 19.6 Å². The van der Waals surface area contributed by atoms with Gasteiger partial charge in [0.2, 0.25) is 0 Å². The van der Waals surface area contributed by atoms with Crippen LogP contribution in [0.5, 0.6) is 11.5 Å². The molecule has 2 aromatic carbocycles. The van der Waals surface area contributed by atoms with Gasteiger partial charge in [-0.05, 0) is 30.4 Å². The minimum atomic E-state index is -1.00. The van der Waals surface area contributed by atoms with E-state index in [2.05, 4.69) is 9.97 Å². The zero-order chi connectivity index (χ0) is 17.1. The average Bonchev–Trinajstić information content (AvgIpc) is 3.02. The predicted octanol–water partition coefficient (Wildman–Crippen LogP) is 3.45. The van der Waals surface area contributed by atoms with E-state index in [1.807, 2.05) is 24.3 Å². The molecule has 3 aromatic rings. The van der Waals surface area contributed by atoms with E-state index in [1.165, 1.54) is 6.07 Å². The van der Waals surface area contributed by atoms with Crippen LogP contribution in [0, 0.1) is 0 Å². The number of aromatic nitrogens is 2. The van der Waals surface area contributed by atoms with Gasteiger partial charge in [0, 0.05) is 5.56 Å². The van der Waals surface area contributed by atoms with Crippen LogP contribution in [0.1, 0.15) is 21.7 Å². The molecule has 0 aliphatic heterocycles. The summed E-state index contributed by atoms with van der Waals surface area (Å²) in [6, 6.07) is 10.6. The summed E-state index contributed by atoms with van der Waals surface area (Å²) < 4.78 is 10.7. The van der Waals surface area contributed by atoms with Crippen LogP contribution in [-0.2, 0) is 0 Å². The highest BCUT2D eigenvalue weighted by Crippen LogP contribution is 2.31. The summed E-state index contributed by atoms with van der Waals surface area (Å²) in [4.78, 5) is 18.7. The Labute approximate surface area is 138 Å². The first-order valence-corrected chi connectivity index (χ1v) is 7.25. The summed E-state index contributed by atoms with van der Waals surface area (Å²) in [6.45, 7) is 0. The number of methoxy groups -OCH3 is 2. The number of nitrogens with zero attached hydrogens (tertiary/aromatic N) is 1. The molecule has 0 amide bonds. The van der Waals surface area contributed by atoms with Crippen LogP contribution in [0.2, 0.25) is 0 Å². The Hall–Kier alpha value is -3.28. The Balaban J connectivity index is 2.00. The van der Waals surface area contributed by atoms with Crippen molar-refractivity contribution in [3.8, 4) is 11.5 Å². The van der Waals surface area contributed by atoms with Crippen LogP contribution in [-0.4, -0.2) is 35.3 Å². The molecular formula is C18H16N2O4. The average molecular weight is 324 g/mol. The van der Waals surface area contributed by atoms with Crippen molar-refractivity contribution in [2.75, 3.05) is 14.2 Å². The number of nitrogens with one attached hydrogen (secondary N) is 1. The van der Waals surface area contributed by atoms with Crippen LogP contribution >= 0.6 is 0 Å². The van der Waals surface area contributed by atoms with Gasteiger partial charge in [-0.15, -0.1) is 0 Å². The summed E-state index contributed by atoms with van der Waals surface area (Å²) >= 11 is 0. The lowest BCUT2D eigenvalue weighted by atomic mass is 10.1. The van der Waals surface area contributed by atoms with Crippen LogP contribution in [0.3, 0.4) is 0 Å². The van der Waals surface area contributed by atoms with Gasteiger partial charge in [-0.1, -0.05) is 18.2 Å². The lowest BCUT2D eigenvalue weighted by Crippen LogP contribution is -1.96. The maximum absolute atomic E-state index is 11.3. The number of carboxylic acids is 1. The summed E-state index contributed by atoms with van der Waals surface area (Å²) in [5.74, 6) is 0.816. The maximum atomic E-state index is 11.3. The first-order chi connectivity index (χ1) is 11.6. The molecule has 0 saturated carbocycles. The topological polar surface area (TPSA) is 84.4 Å². The van der Waals surface area contributed by atoms with Crippen molar-refractivity contribution in [1.29, 1.82) is 0 Å². The fourth-order valence-corrected chi connectivity index (χ4v) is 2.51. The molecule has 24 heavy (non-hydrogen) atoms. The van der Waals surface area contributed by atoms with Gasteiger partial charge in [0.15, 0.2) is 11.5 Å². The number of carboxylic acid groups (broad SMARTS) is 1. The molecule has 0 bridgehead atoms. The van der Waals surface area contributed by atoms with Gasteiger partial charge in [-0.3, -0.25) is 0 Å². The highest BCUT2D eigenvalue weighted by Gasteiger charge is 2.12. The van der Waals surface area contributed by atoms with Gasteiger partial charge >= 0.3 is 5.97 Å². The second kappa shape index (κ2) is 6.45. The van der Waals surface area contributed by atoms with Crippen LogP contribution in [0.4, 0.5) is 0 Å². The molecule has 6 nitrogen and oxygen atoms in total. The number of aromatic carboxylic acids is 1. The van der Waals surface area contributed by atoms with Crippen molar-refractivity contribution in [3.63, 3.8) is 0 Å². The van der Waals surface area contributed by atoms with Gasteiger partial charge in [0.05, 0.1) is 25.3 Å². The lowest BCUT2D eigenvalue weighted by Gasteiger charge is -2.09. The number of aromatic amines is 1. The molecule has 0 spiro atoms. The summed E-state index contributed by atoms with van der Waals surface area (Å²) in [6.07, 6.45) is 3.60. The van der Waals surface area contributed by atoms with Crippen molar-refractivity contribution in [2.24, 2.45) is 0 Å². The van der Waals surface area contributed by atoms with E-state index < -0.39 is 5.97 Å². The van der Waals surface area contributed by atoms with Gasteiger partial charge in [0.1, 0.15) is 11.3 Å². The molecule has 0 aliphatic carbocycles. The fourth-order valence-electron chi connectivity index (χ4n) is 2.51. The largest absolute Gasteiger partial charge is 0.493 e. The second-order valence-electron chi connectivity index (χ2n) is 5.05. The SMILES string of the molecule is COc1cccc(C=Cc2nc3c(C(=O)O)cccc3[nH]2)c1OC. The monoisotopic (exact) mass is 324 g/mol. The number of rotatable bonds is 5. The Morgan fingerprint density at radius 3 is 2.62 bits per heavy atom. The predicted molar refractivity (Wildman–Crippen MR) is 91.5 cm³/mol. The third-order valence-corrected chi connectivity index (χ3v) is 3.62. The zero-order valence-electron chi connectivity index (χ0n) is 13.2. The molecule has 0 saturated heterocycles. The third kappa shape index (κ3) is 2.81. The van der Waals surface area contributed by atoms with Crippen molar-refractivity contribution in [2.45, 2.75) is 0 Å². The Kier molecular flexibility index (Phi) is 4.20. The normalized spacial score (nSPS) is 11.1. The minimum absolute atomic E-state index is 0.169. The van der Waals surface area contributed by atoms with E-state index in [0.29, 0.717) is 28.4 Å². The Bertz CT molecular complexity index is 928. The molecule has 0 atom stereocenters. The van der Waals surface area contributed by atoms with E-state index in [9.17, 15) is 9.90 Å². The molecule has 3 rings (SSSR count). The third-order valence-electron chi connectivity index (χ3n) is 3.62. The summed E-state index contributed by atoms with van der Waals surface area (Å²) in [7, 11) is 3.16. The first-order valence-electron chi connectivity index (χ1n) is 7.25. The number of hydrogen-bond donors (Lipinski definition) is 2. The highest BCUT2D eigenvalue weighted by atomic mass is 16.5. The van der Waals surface area contributed by atoms with Crippen molar-refractivity contribution < 1.29 is 19.4 Å². The molecule has 0 radical (unpaired) electrons. The number of H-pyrrole nitrogens is 1. The van der Waals surface area contributed by atoms with E-state index in [0.717, 1.165) is 5.56 Å². The van der Waals surface area contributed by atoms with E-state index >= 15 is 0 Å². The molecule has 2 N–H and O–H groups in total. The van der Waals surface area contributed by atoms with E-state index in [1.54, 1.807) is 32.4 Å². The molecule has 0 aliphatic rings. The standard InChI is InChI=1S/C18H16N2O4/c1-23-14-8-3-5-11(17(14)24-2)9-10-15-19-13-7-4-6-12(18(21)22)16(13)20-15/h3-10H,1-2H3,(H,19,20)(H,21,22). The summed E-state index contributed by atoms with van der Waals surface area (Å²) in [5, 5.41) is 9.22. The molecule has 122 valence electrons. The number of fused-ring (bicyclic) bond motifs is 1. The lowest BCUT2D eigenvalue weighted by molar-refractivity contribution is 0.0699. The van der Waals surface area contributed by atoms with Crippen LogP contribution < -0.4 is 9.47 Å². The number of benzene rings is 2. The highest BCUT2D eigenvalue weighted by molar-refractivity contribution is 6.01. The van der Waals surface area contributed by atoms with Crippen LogP contribution in [0.25, 0.3) is 23.2 Å². The molecule has 1 heterocycles. The van der Waals surface area contributed by atoms with Crippen LogP contribution in [0.15, 0.2) is 36.4 Å². The van der Waals surface area contributed by atoms with Gasteiger partial charge in [0.25, 0.3) is 0 Å². The van der Waals surface area contributed by atoms with Crippen molar-refractivity contribution >= 4 is 29.2 Å². The minimum Gasteiger partial charge on any atom is -0.493 e. The van der Waals surface area contributed by atoms with Gasteiger partial charge in [-0.25, -0.2) is 9.78 Å². The number of hydrogen-bond acceptors (Lipinski definition) is 4. The molecule has 0 unspecified atom stereocenters. The Morgan fingerprint density at radius 1 is 1.12 bits per heavy atom. The molecule has 1 aromatic heterocycles. The maximum Gasteiger partial charge on any atom is 0.337 e. The smallest absolute Gasteiger partial charge is 0.337 e. The number of ether oxygens (including phenoxy) is 2. The summed E-state index contributed by atoms with van der Waals surface area (Å²) in [5.41, 5.74) is 2.10. The molecular weight excluding hydrogens is 308 g/mol. The van der Waals surface area contributed by atoms with Gasteiger partial charge in [-0.2, -0.15) is 0 Å². The zero-order valence-corrected chi connectivity index (χ0v) is 13.2. The first kappa shape index (κ1) is 15.6. The quantitative estimate of drug-likeness (QED) is 0.751. The van der Waals surface area contributed by atoms with E-state index in [-0.39, 0.29) is 5.56 Å². The number of carbonyl (C=O) groups is 1. The number of imidazole rings is 1. The molecule has 6 heteroatoms. The Morgan fingerprint density at radius 2 is 1.92 bits per heavy atom. The number of para-hydroxylation sites is 2.